The second-order valence-corrected chi connectivity index (χ2v) is 4.90. The van der Waals surface area contributed by atoms with Gasteiger partial charge in [0, 0.05) is 12.4 Å². The molecule has 2 aromatic rings. The van der Waals surface area contributed by atoms with E-state index in [1.165, 1.54) is 12.4 Å². The van der Waals surface area contributed by atoms with Crippen molar-refractivity contribution in [3.05, 3.63) is 42.4 Å². The van der Waals surface area contributed by atoms with Crippen molar-refractivity contribution in [1.29, 1.82) is 0 Å². The Morgan fingerprint density at radius 2 is 1.76 bits per heavy atom. The average Bonchev–Trinajstić information content (AvgIpc) is 2.61. The number of nitrogens with one attached hydrogen (secondary N) is 2. The Hall–Kier alpha value is -3.36. The molecule has 1 aromatic carbocycles. The van der Waals surface area contributed by atoms with Gasteiger partial charge in [0.2, 0.25) is 0 Å². The Morgan fingerprint density at radius 1 is 1.12 bits per heavy atom. The molecule has 0 saturated heterocycles. The first-order valence-electron chi connectivity index (χ1n) is 7.57. The smallest absolute Gasteiger partial charge is 0.292 e. The van der Waals surface area contributed by atoms with Crippen molar-refractivity contribution < 1.29 is 19.1 Å². The Kier molecular flexibility index (Phi) is 6.10. The largest absolute Gasteiger partial charge is 0.494 e. The van der Waals surface area contributed by atoms with Gasteiger partial charge in [-0.15, -0.1) is 0 Å². The number of hydrogen-bond acceptors (Lipinski definition) is 7. The number of nitrogens with two attached hydrogens (primary N) is 1. The monoisotopic (exact) mass is 345 g/mol. The zero-order chi connectivity index (χ0) is 18.2. The van der Waals surface area contributed by atoms with Gasteiger partial charge in [-0.1, -0.05) is 0 Å². The summed E-state index contributed by atoms with van der Waals surface area (Å²) >= 11 is 0. The van der Waals surface area contributed by atoms with Crippen LogP contribution in [0.3, 0.4) is 0 Å². The first-order chi connectivity index (χ1) is 12.0. The lowest BCUT2D eigenvalue weighted by Crippen LogP contribution is -2.47. The predicted octanol–water partition coefficient (Wildman–Crippen LogP) is 0.686. The Balaban J connectivity index is 1.85. The van der Waals surface area contributed by atoms with Crippen LogP contribution in [0.15, 0.2) is 36.7 Å². The number of aromatic nitrogens is 2. The number of amides is 2. The molecule has 0 saturated carbocycles. The maximum Gasteiger partial charge on any atom is 0.292 e. The van der Waals surface area contributed by atoms with Crippen molar-refractivity contribution >= 4 is 17.6 Å². The van der Waals surface area contributed by atoms with Crippen LogP contribution in [0.25, 0.3) is 0 Å². The van der Waals surface area contributed by atoms with Crippen molar-refractivity contribution in [2.45, 2.75) is 20.0 Å². The summed E-state index contributed by atoms with van der Waals surface area (Å²) in [6.45, 7) is 4.00. The number of benzene rings is 1. The lowest BCUT2D eigenvalue weighted by atomic mass is 10.3. The van der Waals surface area contributed by atoms with Gasteiger partial charge >= 0.3 is 0 Å². The van der Waals surface area contributed by atoms with E-state index in [-0.39, 0.29) is 11.5 Å². The maximum atomic E-state index is 12.0. The van der Waals surface area contributed by atoms with Gasteiger partial charge in [-0.05, 0) is 38.1 Å². The maximum absolute atomic E-state index is 12.0. The third-order valence-electron chi connectivity index (χ3n) is 3.06. The number of hydrogen-bond donors (Lipinski definition) is 3. The molecule has 0 unspecified atom stereocenters. The van der Waals surface area contributed by atoms with E-state index < -0.39 is 17.9 Å². The van der Waals surface area contributed by atoms with Crippen molar-refractivity contribution in [2.24, 2.45) is 0 Å². The highest BCUT2D eigenvalue weighted by molar-refractivity contribution is 5.97. The van der Waals surface area contributed by atoms with Crippen LogP contribution in [0, 0.1) is 0 Å². The normalized spacial score (nSPS) is 11.3. The number of nitrogens with zero attached hydrogens (tertiary/aromatic N) is 2. The van der Waals surface area contributed by atoms with Crippen LogP contribution in [-0.2, 0) is 4.79 Å². The minimum Gasteiger partial charge on any atom is -0.494 e. The number of hydrazine groups is 1. The number of carbonyl (C=O) groups excluding carboxylic acids is 2. The molecule has 1 atom stereocenters. The Bertz CT molecular complexity index is 736. The summed E-state index contributed by atoms with van der Waals surface area (Å²) in [5.41, 5.74) is 9.92. The summed E-state index contributed by atoms with van der Waals surface area (Å²) < 4.78 is 10.8. The molecule has 1 heterocycles. The third kappa shape index (κ3) is 5.06. The average molecular weight is 345 g/mol. The molecule has 2 rings (SSSR count). The van der Waals surface area contributed by atoms with Crippen LogP contribution in [-0.4, -0.2) is 34.5 Å². The number of rotatable bonds is 6. The molecule has 132 valence electrons. The summed E-state index contributed by atoms with van der Waals surface area (Å²) in [7, 11) is 0. The minimum atomic E-state index is -0.836. The molecule has 0 aliphatic carbocycles. The molecule has 1 aromatic heterocycles. The molecule has 25 heavy (non-hydrogen) atoms. The first-order valence-corrected chi connectivity index (χ1v) is 7.57. The highest BCUT2D eigenvalue weighted by Crippen LogP contribution is 2.18. The first kappa shape index (κ1) is 18.0. The van der Waals surface area contributed by atoms with Crippen molar-refractivity contribution in [2.75, 3.05) is 12.3 Å². The van der Waals surface area contributed by atoms with Crippen LogP contribution in [0.1, 0.15) is 24.3 Å². The fraction of sp³-hybridized carbons (Fsp3) is 0.250. The molecule has 0 spiro atoms. The summed E-state index contributed by atoms with van der Waals surface area (Å²) in [5, 5.41) is 0. The lowest BCUT2D eigenvalue weighted by Gasteiger charge is -2.15. The van der Waals surface area contributed by atoms with Crippen LogP contribution >= 0.6 is 0 Å². The quantitative estimate of drug-likeness (QED) is 0.657. The molecule has 0 radical (unpaired) electrons. The van der Waals surface area contributed by atoms with Crippen LogP contribution in [0.2, 0.25) is 0 Å². The standard InChI is InChI=1S/C16H19N5O4/c1-3-24-11-4-6-12(7-5-11)25-10(2)15(22)20-21-16(23)13-14(17)19-9-8-18-13/h4-10H,3H2,1-2H3,(H2,17,19)(H,20,22)(H,21,23)/t10-/m1/s1. The highest BCUT2D eigenvalue weighted by atomic mass is 16.5. The lowest BCUT2D eigenvalue weighted by molar-refractivity contribution is -0.128. The predicted molar refractivity (Wildman–Crippen MR) is 89.8 cm³/mol. The molecule has 2 amide bonds. The van der Waals surface area contributed by atoms with Gasteiger partial charge in [0.15, 0.2) is 17.6 Å². The van der Waals surface area contributed by atoms with Gasteiger partial charge in [-0.3, -0.25) is 20.4 Å². The molecule has 0 fully saturated rings. The zero-order valence-corrected chi connectivity index (χ0v) is 13.9. The molecule has 0 aliphatic heterocycles. The second kappa shape index (κ2) is 8.48. The molecule has 9 nitrogen and oxygen atoms in total. The summed E-state index contributed by atoms with van der Waals surface area (Å²) in [6, 6.07) is 6.85. The van der Waals surface area contributed by atoms with E-state index in [1.54, 1.807) is 31.2 Å². The molecule has 9 heteroatoms. The number of nitrogen functional groups attached to an aromatic ring is 1. The summed E-state index contributed by atoms with van der Waals surface area (Å²) in [4.78, 5) is 31.4. The number of ether oxygens (including phenoxy) is 2. The fourth-order valence-corrected chi connectivity index (χ4v) is 1.84. The van der Waals surface area contributed by atoms with Gasteiger partial charge in [0.25, 0.3) is 11.8 Å². The van der Waals surface area contributed by atoms with E-state index in [2.05, 4.69) is 20.8 Å². The molecule has 0 bridgehead atoms. The van der Waals surface area contributed by atoms with Gasteiger partial charge in [0.1, 0.15) is 11.5 Å². The minimum absolute atomic E-state index is 0.0343. The van der Waals surface area contributed by atoms with E-state index >= 15 is 0 Å². The van der Waals surface area contributed by atoms with Gasteiger partial charge in [-0.25, -0.2) is 9.97 Å². The SMILES string of the molecule is CCOc1ccc(O[C@H](C)C(=O)NNC(=O)c2nccnc2N)cc1. The van der Waals surface area contributed by atoms with Gasteiger partial charge < -0.3 is 15.2 Å². The molecule has 0 aliphatic rings. The van der Waals surface area contributed by atoms with Crippen molar-refractivity contribution in [3.63, 3.8) is 0 Å². The third-order valence-corrected chi connectivity index (χ3v) is 3.06. The van der Waals surface area contributed by atoms with E-state index in [4.69, 9.17) is 15.2 Å². The van der Waals surface area contributed by atoms with Crippen molar-refractivity contribution in [3.8, 4) is 11.5 Å². The number of carbonyl (C=O) groups is 2. The molecular formula is C16H19N5O4. The van der Waals surface area contributed by atoms with Crippen LogP contribution in [0.5, 0.6) is 11.5 Å². The van der Waals surface area contributed by atoms with Crippen molar-refractivity contribution in [1.82, 2.24) is 20.8 Å². The highest BCUT2D eigenvalue weighted by Gasteiger charge is 2.17. The number of anilines is 1. The van der Waals surface area contributed by atoms with E-state index in [9.17, 15) is 9.59 Å². The van der Waals surface area contributed by atoms with E-state index in [0.29, 0.717) is 18.1 Å². The van der Waals surface area contributed by atoms with Crippen LogP contribution < -0.4 is 26.1 Å². The summed E-state index contributed by atoms with van der Waals surface area (Å²) in [5.74, 6) is -0.0405. The van der Waals surface area contributed by atoms with Crippen LogP contribution in [0.4, 0.5) is 5.82 Å². The molecule has 4 N–H and O–H groups in total. The van der Waals surface area contributed by atoms with E-state index in [1.807, 2.05) is 6.92 Å². The van der Waals surface area contributed by atoms with Gasteiger partial charge in [-0.2, -0.15) is 0 Å². The van der Waals surface area contributed by atoms with Gasteiger partial charge in [0.05, 0.1) is 6.61 Å². The second-order valence-electron chi connectivity index (χ2n) is 4.90. The zero-order valence-electron chi connectivity index (χ0n) is 13.9. The van der Waals surface area contributed by atoms with E-state index in [0.717, 1.165) is 0 Å². The topological polar surface area (TPSA) is 128 Å². The fourth-order valence-electron chi connectivity index (χ4n) is 1.84. The summed E-state index contributed by atoms with van der Waals surface area (Å²) in [6.07, 6.45) is 1.85. The molecular weight excluding hydrogens is 326 g/mol. The Morgan fingerprint density at radius 3 is 2.40 bits per heavy atom. The Labute approximate surface area is 144 Å².